The van der Waals surface area contributed by atoms with Crippen LogP contribution < -0.4 is 5.32 Å². The van der Waals surface area contributed by atoms with E-state index in [1.54, 1.807) is 81.4 Å². The summed E-state index contributed by atoms with van der Waals surface area (Å²) in [7, 11) is 0. The Kier molecular flexibility index (Phi) is 10.6. The number of rotatable bonds is 10. The molecule has 1 unspecified atom stereocenters. The highest BCUT2D eigenvalue weighted by atomic mass is 32.2. The molecule has 2 amide bonds. The Morgan fingerprint density at radius 3 is 1.82 bits per heavy atom. The van der Waals surface area contributed by atoms with Crippen molar-refractivity contribution in [3.05, 3.63) is 71.8 Å². The quantitative estimate of drug-likeness (QED) is 0.415. The second kappa shape index (κ2) is 13.6. The molecule has 3 atom stereocenters. The van der Waals surface area contributed by atoms with Crippen LogP contribution in [0.1, 0.15) is 54.3 Å². The van der Waals surface area contributed by atoms with E-state index < -0.39 is 40.4 Å². The fourth-order valence-corrected chi connectivity index (χ4v) is 6.45. The lowest BCUT2D eigenvalue weighted by atomic mass is 10.0. The van der Waals surface area contributed by atoms with Crippen molar-refractivity contribution < 1.29 is 29.1 Å². The van der Waals surface area contributed by atoms with Gasteiger partial charge in [0.1, 0.15) is 12.1 Å². The van der Waals surface area contributed by atoms with E-state index in [-0.39, 0.29) is 16.1 Å². The molecule has 1 heterocycles. The molecule has 202 valence electrons. The Hall–Kier alpha value is -3.11. The highest BCUT2D eigenvalue weighted by Gasteiger charge is 2.40. The number of carbonyl (C=O) groups excluding carboxylic acids is 4. The van der Waals surface area contributed by atoms with Crippen molar-refractivity contribution in [3.63, 3.8) is 0 Å². The molecule has 1 aliphatic rings. The number of aliphatic carboxylic acids is 1. The van der Waals surface area contributed by atoms with Gasteiger partial charge < -0.3 is 15.3 Å². The van der Waals surface area contributed by atoms with Crippen molar-refractivity contribution in [1.82, 2.24) is 10.2 Å². The summed E-state index contributed by atoms with van der Waals surface area (Å²) >= 11 is 1.80. The molecular formula is C28H32N2O6S2. The Labute approximate surface area is 230 Å². The van der Waals surface area contributed by atoms with Crippen molar-refractivity contribution in [2.75, 3.05) is 6.54 Å². The number of amides is 2. The predicted octanol–water partition coefficient (Wildman–Crippen LogP) is 4.31. The van der Waals surface area contributed by atoms with Gasteiger partial charge in [-0.15, -0.1) is 0 Å². The Balaban J connectivity index is 1.79. The highest BCUT2D eigenvalue weighted by Crippen LogP contribution is 2.35. The van der Waals surface area contributed by atoms with Gasteiger partial charge in [0.05, 0.1) is 10.5 Å². The van der Waals surface area contributed by atoms with Gasteiger partial charge in [-0.25, -0.2) is 4.79 Å². The summed E-state index contributed by atoms with van der Waals surface area (Å²) < 4.78 is -0.767. The molecule has 0 radical (unpaired) electrons. The minimum absolute atomic E-state index is 0.276. The third-order valence-corrected chi connectivity index (χ3v) is 9.10. The minimum Gasteiger partial charge on any atom is -0.480 e. The molecule has 3 rings (SSSR count). The van der Waals surface area contributed by atoms with Crippen LogP contribution in [0.25, 0.3) is 0 Å². The van der Waals surface area contributed by atoms with Gasteiger partial charge in [0, 0.05) is 17.7 Å². The van der Waals surface area contributed by atoms with Gasteiger partial charge in [-0.3, -0.25) is 19.2 Å². The fourth-order valence-electron chi connectivity index (χ4n) is 4.11. The molecule has 2 N–H and O–H groups in total. The highest BCUT2D eigenvalue weighted by molar-refractivity contribution is 8.30. The average Bonchev–Trinajstić information content (AvgIpc) is 3.41. The molecule has 0 bridgehead atoms. The predicted molar refractivity (Wildman–Crippen MR) is 149 cm³/mol. The molecule has 0 aromatic heterocycles. The summed E-state index contributed by atoms with van der Waals surface area (Å²) in [5, 5.41) is 11.7. The second-order valence-corrected chi connectivity index (χ2v) is 12.0. The van der Waals surface area contributed by atoms with Crippen LogP contribution in [0.15, 0.2) is 60.7 Å². The summed E-state index contributed by atoms with van der Waals surface area (Å²) in [5.41, 5.74) is 0.902. The SMILES string of the molecule is CC(C(=O)N[C@H](C(=O)N1CCC[C@H]1C(=O)O)C(C)C)C(SC(=O)c1ccccc1)SC(=O)c1ccccc1. The topological polar surface area (TPSA) is 121 Å². The molecule has 2 aromatic carbocycles. The van der Waals surface area contributed by atoms with Crippen molar-refractivity contribution in [2.45, 2.75) is 50.3 Å². The molecular weight excluding hydrogens is 524 g/mol. The first kappa shape index (κ1) is 29.4. The van der Waals surface area contributed by atoms with Gasteiger partial charge >= 0.3 is 5.97 Å². The van der Waals surface area contributed by atoms with Gasteiger partial charge in [0.15, 0.2) is 0 Å². The number of thioether (sulfide) groups is 2. The molecule has 38 heavy (non-hydrogen) atoms. The minimum atomic E-state index is -1.07. The molecule has 1 saturated heterocycles. The molecule has 0 saturated carbocycles. The molecule has 0 aliphatic carbocycles. The van der Waals surface area contributed by atoms with Gasteiger partial charge in [-0.05, 0) is 18.8 Å². The summed E-state index contributed by atoms with van der Waals surface area (Å²) in [6.07, 6.45) is 0.950. The lowest BCUT2D eigenvalue weighted by molar-refractivity contribution is -0.150. The smallest absolute Gasteiger partial charge is 0.326 e. The molecule has 10 heteroatoms. The maximum atomic E-state index is 13.4. The van der Waals surface area contributed by atoms with E-state index in [0.717, 1.165) is 23.5 Å². The lowest BCUT2D eigenvalue weighted by Crippen LogP contribution is -2.55. The molecule has 0 spiro atoms. The van der Waals surface area contributed by atoms with E-state index in [1.807, 2.05) is 0 Å². The average molecular weight is 557 g/mol. The number of carboxylic acid groups (broad SMARTS) is 1. The number of nitrogens with one attached hydrogen (secondary N) is 1. The monoisotopic (exact) mass is 556 g/mol. The lowest BCUT2D eigenvalue weighted by Gasteiger charge is -2.31. The summed E-state index contributed by atoms with van der Waals surface area (Å²) in [4.78, 5) is 65.6. The van der Waals surface area contributed by atoms with Crippen LogP contribution in [0.2, 0.25) is 0 Å². The van der Waals surface area contributed by atoms with Crippen molar-refractivity contribution in [2.24, 2.45) is 11.8 Å². The standard InChI is InChI=1S/C28H32N2O6S2/c1-17(2)22(24(32)30-16-10-15-21(30)25(33)34)29-23(31)18(3)28(37-26(35)19-11-6-4-7-12-19)38-27(36)20-13-8-5-9-14-20/h4-9,11-14,17-18,21-22,28H,10,15-16H2,1-3H3,(H,29,31)(H,33,34)/t18?,21-,22-/m0/s1. The number of benzene rings is 2. The maximum absolute atomic E-state index is 13.4. The first-order valence-electron chi connectivity index (χ1n) is 12.5. The van der Waals surface area contributed by atoms with Gasteiger partial charge in [0.25, 0.3) is 0 Å². The Bertz CT molecular complexity index is 1100. The summed E-state index contributed by atoms with van der Waals surface area (Å²) in [6.45, 7) is 5.49. The largest absolute Gasteiger partial charge is 0.480 e. The number of likely N-dealkylation sites (tertiary alicyclic amines) is 1. The number of carbonyl (C=O) groups is 5. The van der Waals surface area contributed by atoms with Crippen LogP contribution in [0.4, 0.5) is 0 Å². The third kappa shape index (κ3) is 7.48. The molecule has 8 nitrogen and oxygen atoms in total. The summed E-state index contributed by atoms with van der Waals surface area (Å²) in [6, 6.07) is 15.4. The van der Waals surface area contributed by atoms with Crippen LogP contribution in [-0.2, 0) is 14.4 Å². The van der Waals surface area contributed by atoms with E-state index in [4.69, 9.17) is 0 Å². The first-order chi connectivity index (χ1) is 18.1. The van der Waals surface area contributed by atoms with Crippen LogP contribution in [0.3, 0.4) is 0 Å². The summed E-state index contributed by atoms with van der Waals surface area (Å²) in [5.74, 6) is -3.12. The molecule has 1 aliphatic heterocycles. The van der Waals surface area contributed by atoms with Crippen LogP contribution >= 0.6 is 23.5 Å². The second-order valence-electron chi connectivity index (χ2n) is 9.46. The Morgan fingerprint density at radius 1 is 0.868 bits per heavy atom. The third-order valence-electron chi connectivity index (χ3n) is 6.34. The molecule has 2 aromatic rings. The normalized spacial score (nSPS) is 16.8. The van der Waals surface area contributed by atoms with E-state index in [0.29, 0.717) is 30.5 Å². The van der Waals surface area contributed by atoms with E-state index >= 15 is 0 Å². The van der Waals surface area contributed by atoms with Crippen molar-refractivity contribution in [3.8, 4) is 0 Å². The van der Waals surface area contributed by atoms with Gasteiger partial charge in [-0.2, -0.15) is 0 Å². The number of hydrogen-bond acceptors (Lipinski definition) is 7. The van der Waals surface area contributed by atoms with Gasteiger partial charge in [0.2, 0.25) is 22.0 Å². The van der Waals surface area contributed by atoms with Crippen LogP contribution in [0, 0.1) is 11.8 Å². The van der Waals surface area contributed by atoms with E-state index in [2.05, 4.69) is 5.32 Å². The Morgan fingerprint density at radius 2 is 1.37 bits per heavy atom. The van der Waals surface area contributed by atoms with Crippen LogP contribution in [-0.4, -0.2) is 61.2 Å². The number of carboxylic acids is 1. The zero-order chi connectivity index (χ0) is 27.8. The van der Waals surface area contributed by atoms with Crippen molar-refractivity contribution >= 4 is 51.5 Å². The van der Waals surface area contributed by atoms with E-state index in [1.165, 1.54) is 4.90 Å². The van der Waals surface area contributed by atoms with Gasteiger partial charge in [-0.1, -0.05) is 105 Å². The zero-order valence-corrected chi connectivity index (χ0v) is 23.2. The van der Waals surface area contributed by atoms with E-state index in [9.17, 15) is 29.1 Å². The van der Waals surface area contributed by atoms with Crippen LogP contribution in [0.5, 0.6) is 0 Å². The molecule has 1 fully saturated rings. The number of hydrogen-bond donors (Lipinski definition) is 2. The number of nitrogens with zero attached hydrogens (tertiary/aromatic N) is 1. The fraction of sp³-hybridized carbons (Fsp3) is 0.393. The zero-order valence-electron chi connectivity index (χ0n) is 21.5. The first-order valence-corrected chi connectivity index (χ1v) is 14.2. The van der Waals surface area contributed by atoms with Crippen molar-refractivity contribution in [1.29, 1.82) is 0 Å². The maximum Gasteiger partial charge on any atom is 0.326 e.